The minimum atomic E-state index is -0.863. The average molecular weight is 314 g/mol. The average Bonchev–Trinajstić information content (AvgIpc) is 2.60. The molecule has 1 unspecified atom stereocenters. The number of hydrogen-bond acceptors (Lipinski definition) is 4. The third kappa shape index (κ3) is 4.91. The predicted molar refractivity (Wildman–Crippen MR) is 88.2 cm³/mol. The summed E-state index contributed by atoms with van der Waals surface area (Å²) >= 11 is 0. The molecular formula is C19H22O4. The second-order valence-corrected chi connectivity index (χ2v) is 5.55. The first-order valence-electron chi connectivity index (χ1n) is 7.69. The van der Waals surface area contributed by atoms with Crippen LogP contribution in [0.4, 0.5) is 0 Å². The monoisotopic (exact) mass is 314 g/mol. The lowest BCUT2D eigenvalue weighted by molar-refractivity contribution is -0.154. The quantitative estimate of drug-likeness (QED) is 0.770. The van der Waals surface area contributed by atoms with Gasteiger partial charge in [0.2, 0.25) is 0 Å². The van der Waals surface area contributed by atoms with Crippen LogP contribution in [0.15, 0.2) is 54.6 Å². The van der Waals surface area contributed by atoms with Crippen molar-refractivity contribution < 1.29 is 19.7 Å². The Balaban J connectivity index is 2.08. The molecule has 2 aromatic rings. The smallest absolute Gasteiger partial charge is 0.313 e. The van der Waals surface area contributed by atoms with Gasteiger partial charge in [0.15, 0.2) is 0 Å². The van der Waals surface area contributed by atoms with Gasteiger partial charge in [0.1, 0.15) is 6.10 Å². The molecule has 0 saturated carbocycles. The fourth-order valence-electron chi connectivity index (χ4n) is 2.34. The highest BCUT2D eigenvalue weighted by Gasteiger charge is 2.20. The number of hydrogen-bond donors (Lipinski definition) is 2. The molecule has 0 heterocycles. The van der Waals surface area contributed by atoms with Crippen LogP contribution in [-0.2, 0) is 16.0 Å². The summed E-state index contributed by atoms with van der Waals surface area (Å²) in [7, 11) is 0. The van der Waals surface area contributed by atoms with E-state index in [0.717, 1.165) is 17.5 Å². The van der Waals surface area contributed by atoms with Crippen LogP contribution < -0.4 is 0 Å². The third-order valence-corrected chi connectivity index (χ3v) is 3.75. The normalized spacial score (nSPS) is 12.2. The summed E-state index contributed by atoms with van der Waals surface area (Å²) in [5, 5.41) is 18.0. The second kappa shape index (κ2) is 8.46. The van der Waals surface area contributed by atoms with E-state index in [1.54, 1.807) is 6.92 Å². The number of carbonyl (C=O) groups is 1. The molecule has 122 valence electrons. The van der Waals surface area contributed by atoms with Crippen molar-refractivity contribution in [3.05, 3.63) is 71.3 Å². The van der Waals surface area contributed by atoms with Crippen LogP contribution in [0.25, 0.3) is 0 Å². The molecule has 4 heteroatoms. The zero-order chi connectivity index (χ0) is 16.7. The van der Waals surface area contributed by atoms with Crippen molar-refractivity contribution in [1.29, 1.82) is 0 Å². The van der Waals surface area contributed by atoms with Crippen molar-refractivity contribution in [3.8, 4) is 0 Å². The number of esters is 1. The largest absolute Gasteiger partial charge is 0.457 e. The van der Waals surface area contributed by atoms with Gasteiger partial charge in [-0.3, -0.25) is 4.79 Å². The zero-order valence-electron chi connectivity index (χ0n) is 13.2. The molecule has 4 nitrogen and oxygen atoms in total. The van der Waals surface area contributed by atoms with Crippen LogP contribution in [0.1, 0.15) is 29.5 Å². The topological polar surface area (TPSA) is 66.8 Å². The zero-order valence-corrected chi connectivity index (χ0v) is 13.2. The minimum absolute atomic E-state index is 0.386. The molecule has 2 aromatic carbocycles. The molecule has 0 aliphatic carbocycles. The summed E-state index contributed by atoms with van der Waals surface area (Å²) in [5.74, 6) is -0.902. The number of aliphatic hydroxyl groups excluding tert-OH is 2. The van der Waals surface area contributed by atoms with Crippen LogP contribution in [0, 0.1) is 0 Å². The van der Waals surface area contributed by atoms with E-state index in [9.17, 15) is 4.79 Å². The molecule has 23 heavy (non-hydrogen) atoms. The maximum Gasteiger partial charge on any atom is 0.313 e. The van der Waals surface area contributed by atoms with Gasteiger partial charge < -0.3 is 14.9 Å². The van der Waals surface area contributed by atoms with Gasteiger partial charge in [0.05, 0.1) is 19.1 Å². The Labute approximate surface area is 136 Å². The number of rotatable bonds is 7. The van der Waals surface area contributed by atoms with Crippen molar-refractivity contribution in [2.75, 3.05) is 13.2 Å². The van der Waals surface area contributed by atoms with E-state index in [4.69, 9.17) is 14.9 Å². The molecule has 0 spiro atoms. The van der Waals surface area contributed by atoms with E-state index in [2.05, 4.69) is 12.1 Å². The Hall–Kier alpha value is -2.17. The van der Waals surface area contributed by atoms with E-state index in [1.165, 1.54) is 5.56 Å². The Kier molecular flexibility index (Phi) is 6.32. The summed E-state index contributed by atoms with van der Waals surface area (Å²) in [4.78, 5) is 12.1. The Morgan fingerprint density at radius 3 is 2.30 bits per heavy atom. The summed E-state index contributed by atoms with van der Waals surface area (Å²) in [5.41, 5.74) is 3.19. The number of aliphatic hydroxyl groups is 2. The second-order valence-electron chi connectivity index (χ2n) is 5.55. The molecule has 0 radical (unpaired) electrons. The van der Waals surface area contributed by atoms with E-state index in [1.807, 2.05) is 42.5 Å². The lowest BCUT2D eigenvalue weighted by atomic mass is 9.96. The first-order chi connectivity index (χ1) is 11.1. The van der Waals surface area contributed by atoms with E-state index >= 15 is 0 Å². The molecule has 2 N–H and O–H groups in total. The molecule has 1 atom stereocenters. The molecule has 0 saturated heterocycles. The molecular weight excluding hydrogens is 292 g/mol. The van der Waals surface area contributed by atoms with Crippen molar-refractivity contribution in [3.63, 3.8) is 0 Å². The molecule has 0 aliphatic rings. The van der Waals surface area contributed by atoms with Crippen LogP contribution in [0.2, 0.25) is 0 Å². The molecule has 0 fully saturated rings. The van der Waals surface area contributed by atoms with Crippen molar-refractivity contribution in [2.24, 2.45) is 0 Å². The maximum atomic E-state index is 12.1. The third-order valence-electron chi connectivity index (χ3n) is 3.75. The van der Waals surface area contributed by atoms with Gasteiger partial charge in [-0.05, 0) is 30.0 Å². The molecule has 0 aliphatic heterocycles. The first kappa shape index (κ1) is 17.2. The molecule has 2 rings (SSSR count). The van der Waals surface area contributed by atoms with E-state index in [0.29, 0.717) is 0 Å². The maximum absolute atomic E-state index is 12.1. The predicted octanol–water partition coefficient (Wildman–Crippen LogP) is 2.28. The van der Waals surface area contributed by atoms with Crippen molar-refractivity contribution in [1.82, 2.24) is 0 Å². The van der Waals surface area contributed by atoms with E-state index < -0.39 is 18.0 Å². The first-order valence-corrected chi connectivity index (χ1v) is 7.69. The Bertz CT molecular complexity index is 620. The SMILES string of the molecule is CC(C(=O)OC(CO)CO)c1cccc(Cc2ccccc2)c1. The van der Waals surface area contributed by atoms with E-state index in [-0.39, 0.29) is 13.2 Å². The highest BCUT2D eigenvalue weighted by Crippen LogP contribution is 2.20. The number of carbonyl (C=O) groups excluding carboxylic acids is 1. The highest BCUT2D eigenvalue weighted by atomic mass is 16.6. The van der Waals surface area contributed by atoms with Crippen LogP contribution in [-0.4, -0.2) is 35.5 Å². The van der Waals surface area contributed by atoms with Crippen LogP contribution in [0.3, 0.4) is 0 Å². The molecule has 0 bridgehead atoms. The van der Waals surface area contributed by atoms with Gasteiger partial charge in [0.25, 0.3) is 0 Å². The van der Waals surface area contributed by atoms with Crippen LogP contribution >= 0.6 is 0 Å². The molecule has 0 aromatic heterocycles. The highest BCUT2D eigenvalue weighted by molar-refractivity contribution is 5.77. The summed E-state index contributed by atoms with van der Waals surface area (Å²) < 4.78 is 5.08. The van der Waals surface area contributed by atoms with Gasteiger partial charge in [-0.15, -0.1) is 0 Å². The Morgan fingerprint density at radius 2 is 1.65 bits per heavy atom. The standard InChI is InChI=1S/C19H22O4/c1-14(19(22)23-18(12-20)13-21)17-9-5-8-16(11-17)10-15-6-3-2-4-7-15/h2-9,11,14,18,20-21H,10,12-13H2,1H3. The van der Waals surface area contributed by atoms with Crippen LogP contribution in [0.5, 0.6) is 0 Å². The lowest BCUT2D eigenvalue weighted by Gasteiger charge is -2.17. The van der Waals surface area contributed by atoms with Gasteiger partial charge in [0, 0.05) is 0 Å². The van der Waals surface area contributed by atoms with Gasteiger partial charge in [-0.1, -0.05) is 54.6 Å². The fourth-order valence-corrected chi connectivity index (χ4v) is 2.34. The van der Waals surface area contributed by atoms with Gasteiger partial charge in [-0.25, -0.2) is 0 Å². The minimum Gasteiger partial charge on any atom is -0.457 e. The Morgan fingerprint density at radius 1 is 1.00 bits per heavy atom. The molecule has 0 amide bonds. The fraction of sp³-hybridized carbons (Fsp3) is 0.316. The van der Waals surface area contributed by atoms with Gasteiger partial charge >= 0.3 is 5.97 Å². The van der Waals surface area contributed by atoms with Crippen molar-refractivity contribution in [2.45, 2.75) is 25.4 Å². The van der Waals surface area contributed by atoms with Crippen molar-refractivity contribution >= 4 is 5.97 Å². The number of benzene rings is 2. The summed E-state index contributed by atoms with van der Waals surface area (Å²) in [6.45, 7) is 0.988. The summed E-state index contributed by atoms with van der Waals surface area (Å²) in [6, 6.07) is 17.9. The number of ether oxygens (including phenoxy) is 1. The lowest BCUT2D eigenvalue weighted by Crippen LogP contribution is -2.27. The summed E-state index contributed by atoms with van der Waals surface area (Å²) in [6.07, 6.45) is -0.0655. The van der Waals surface area contributed by atoms with Gasteiger partial charge in [-0.2, -0.15) is 0 Å².